The van der Waals surface area contributed by atoms with E-state index in [4.69, 9.17) is 23.2 Å². The van der Waals surface area contributed by atoms with Gasteiger partial charge in [0.05, 0.1) is 10.0 Å². The van der Waals surface area contributed by atoms with E-state index >= 15 is 0 Å². The van der Waals surface area contributed by atoms with E-state index in [-0.39, 0.29) is 0 Å². The summed E-state index contributed by atoms with van der Waals surface area (Å²) < 4.78 is 25.3. The van der Waals surface area contributed by atoms with Crippen molar-refractivity contribution in [1.82, 2.24) is 4.98 Å². The lowest BCUT2D eigenvalue weighted by Gasteiger charge is -2.25. The molecule has 0 amide bonds. The predicted molar refractivity (Wildman–Crippen MR) is 98.3 cm³/mol. The van der Waals surface area contributed by atoms with Crippen LogP contribution in [-0.2, 0) is 12.8 Å². The van der Waals surface area contributed by atoms with Gasteiger partial charge in [-0.05, 0) is 48.8 Å². The van der Waals surface area contributed by atoms with Gasteiger partial charge in [0.2, 0.25) is 0 Å². The second kappa shape index (κ2) is 8.19. The van der Waals surface area contributed by atoms with Crippen molar-refractivity contribution in [2.24, 2.45) is 5.92 Å². The number of hydrogen-bond donors (Lipinski definition) is 1. The first-order valence-corrected chi connectivity index (χ1v) is 8.92. The fourth-order valence-corrected chi connectivity index (χ4v) is 3.17. The van der Waals surface area contributed by atoms with Crippen LogP contribution in [0.4, 0.5) is 20.2 Å². The first-order chi connectivity index (χ1) is 12.0. The minimum absolute atomic E-state index is 0.291. The lowest BCUT2D eigenvalue weighted by molar-refractivity contribution is 0.195. The van der Waals surface area contributed by atoms with Gasteiger partial charge in [-0.15, -0.1) is 5.69 Å². The molecule has 1 aliphatic carbocycles. The van der Waals surface area contributed by atoms with Crippen LogP contribution in [0.25, 0.3) is 5.32 Å². The molecule has 0 radical (unpaired) electrons. The van der Waals surface area contributed by atoms with Gasteiger partial charge < -0.3 is 10.6 Å². The number of aromatic nitrogens is 1. The number of nitrogens with zero attached hydrogens (tertiary/aromatic N) is 2. The van der Waals surface area contributed by atoms with Gasteiger partial charge in [0.15, 0.2) is 6.55 Å². The molecule has 25 heavy (non-hydrogen) atoms. The van der Waals surface area contributed by atoms with Crippen LogP contribution in [0.2, 0.25) is 10.0 Å². The Bertz CT molecular complexity index is 716. The summed E-state index contributed by atoms with van der Waals surface area (Å²) >= 11 is 12.3. The summed E-state index contributed by atoms with van der Waals surface area (Å²) in [7, 11) is 0. The van der Waals surface area contributed by atoms with E-state index < -0.39 is 6.55 Å². The molecule has 3 nitrogen and oxygen atoms in total. The highest BCUT2D eigenvalue weighted by molar-refractivity contribution is 6.35. The number of pyridine rings is 1. The number of nitrogens with one attached hydrogen (secondary N) is 1. The Morgan fingerprint density at radius 2 is 1.88 bits per heavy atom. The number of aryl methyl sites for hydroxylation is 1. The van der Waals surface area contributed by atoms with Crippen molar-refractivity contribution < 1.29 is 8.78 Å². The minimum Gasteiger partial charge on any atom is -0.626 e. The molecule has 2 aromatic rings. The summed E-state index contributed by atoms with van der Waals surface area (Å²) in [5, 5.41) is 7.71. The van der Waals surface area contributed by atoms with Crippen molar-refractivity contribution >= 4 is 34.6 Å². The summed E-state index contributed by atoms with van der Waals surface area (Å²) in [6.07, 6.45) is 6.84. The molecule has 0 unspecified atom stereocenters. The van der Waals surface area contributed by atoms with Crippen LogP contribution in [0.1, 0.15) is 24.0 Å². The highest BCUT2D eigenvalue weighted by Gasteiger charge is 2.20. The number of anilines is 1. The maximum atomic E-state index is 12.6. The van der Waals surface area contributed by atoms with Gasteiger partial charge in [0.25, 0.3) is 0 Å². The van der Waals surface area contributed by atoms with Gasteiger partial charge in [-0.25, -0.2) is 8.78 Å². The number of halogens is 4. The third-order valence-electron chi connectivity index (χ3n) is 4.19. The maximum Gasteiger partial charge on any atom is 0.178 e. The summed E-state index contributed by atoms with van der Waals surface area (Å²) in [5.74, 6) is 0.637. The van der Waals surface area contributed by atoms with Crippen molar-refractivity contribution in [2.45, 2.75) is 32.2 Å². The summed E-state index contributed by atoms with van der Waals surface area (Å²) in [5.41, 5.74) is 2.79. The van der Waals surface area contributed by atoms with Crippen molar-refractivity contribution in [2.75, 3.05) is 11.9 Å². The van der Waals surface area contributed by atoms with E-state index in [1.807, 2.05) is 12.1 Å². The summed E-state index contributed by atoms with van der Waals surface area (Å²) in [4.78, 5) is 3.94. The van der Waals surface area contributed by atoms with Crippen LogP contribution >= 0.6 is 23.2 Å². The van der Waals surface area contributed by atoms with Crippen molar-refractivity contribution in [1.29, 1.82) is 0 Å². The van der Waals surface area contributed by atoms with Gasteiger partial charge in [0.1, 0.15) is 0 Å². The first-order valence-electron chi connectivity index (χ1n) is 8.16. The number of hydrogen-bond acceptors (Lipinski definition) is 2. The quantitative estimate of drug-likeness (QED) is 0.548. The number of rotatable bonds is 8. The number of alkyl halides is 2. The predicted octanol–water partition coefficient (Wildman–Crippen LogP) is 6.22. The van der Waals surface area contributed by atoms with E-state index in [1.54, 1.807) is 18.5 Å². The lowest BCUT2D eigenvalue weighted by Crippen LogP contribution is -2.05. The van der Waals surface area contributed by atoms with Crippen LogP contribution in [-0.4, -0.2) is 18.1 Å². The fraction of sp³-hybridized carbons (Fsp3) is 0.389. The zero-order chi connectivity index (χ0) is 17.8. The van der Waals surface area contributed by atoms with E-state index in [9.17, 15) is 8.78 Å². The van der Waals surface area contributed by atoms with E-state index in [0.717, 1.165) is 17.7 Å². The fourth-order valence-electron chi connectivity index (χ4n) is 2.62. The van der Waals surface area contributed by atoms with Crippen molar-refractivity contribution in [3.63, 3.8) is 0 Å². The summed E-state index contributed by atoms with van der Waals surface area (Å²) in [6, 6.07) is 5.32. The molecule has 1 aromatic carbocycles. The van der Waals surface area contributed by atoms with E-state index in [1.165, 1.54) is 12.8 Å². The average molecular weight is 385 g/mol. The molecule has 3 rings (SSSR count). The molecular formula is C18H18Cl2F2N3-. The molecule has 0 aliphatic heterocycles. The Morgan fingerprint density at radius 1 is 1.16 bits per heavy atom. The van der Waals surface area contributed by atoms with Crippen LogP contribution in [0.15, 0.2) is 30.6 Å². The largest absolute Gasteiger partial charge is 0.626 e. The van der Waals surface area contributed by atoms with E-state index in [0.29, 0.717) is 40.2 Å². The van der Waals surface area contributed by atoms with Gasteiger partial charge in [-0.2, -0.15) is 0 Å². The highest BCUT2D eigenvalue weighted by atomic mass is 35.5. The standard InChI is InChI=1S/C18H18Cl2F2N3/c19-14-9-23-10-15(20)13(14)5-3-11-4-6-16(25-18(21)22)17(7-11)24-8-12-1-2-12/h4,6-7,9-10,12,18,24H,1-3,5,8H2/q-1. The van der Waals surface area contributed by atoms with Crippen LogP contribution in [0.3, 0.4) is 0 Å². The Kier molecular flexibility index (Phi) is 5.97. The summed E-state index contributed by atoms with van der Waals surface area (Å²) in [6.45, 7) is -1.93. The third kappa shape index (κ3) is 5.19. The molecule has 1 N–H and O–H groups in total. The molecule has 1 aliphatic rings. The van der Waals surface area contributed by atoms with Gasteiger partial charge in [0, 0.05) is 24.6 Å². The normalized spacial score (nSPS) is 14.0. The van der Waals surface area contributed by atoms with Gasteiger partial charge in [-0.3, -0.25) is 4.98 Å². The van der Waals surface area contributed by atoms with Gasteiger partial charge in [-0.1, -0.05) is 35.3 Å². The van der Waals surface area contributed by atoms with Crippen LogP contribution in [0.5, 0.6) is 0 Å². The Labute approximate surface area is 155 Å². The third-order valence-corrected chi connectivity index (χ3v) is 4.84. The molecule has 0 saturated heterocycles. The Morgan fingerprint density at radius 3 is 2.52 bits per heavy atom. The average Bonchev–Trinajstić information content (AvgIpc) is 3.38. The van der Waals surface area contributed by atoms with Crippen LogP contribution < -0.4 is 5.32 Å². The molecule has 0 bridgehead atoms. The maximum absolute atomic E-state index is 12.6. The molecule has 0 atom stereocenters. The zero-order valence-electron chi connectivity index (χ0n) is 13.5. The van der Waals surface area contributed by atoms with Gasteiger partial charge >= 0.3 is 0 Å². The Hall–Kier alpha value is -1.59. The zero-order valence-corrected chi connectivity index (χ0v) is 15.0. The first kappa shape index (κ1) is 18.2. The molecule has 0 spiro atoms. The smallest absolute Gasteiger partial charge is 0.178 e. The highest BCUT2D eigenvalue weighted by Crippen LogP contribution is 2.35. The monoisotopic (exact) mass is 384 g/mol. The Balaban J connectivity index is 1.73. The second-order valence-corrected chi connectivity index (χ2v) is 6.98. The van der Waals surface area contributed by atoms with Crippen LogP contribution in [0, 0.1) is 5.92 Å². The minimum atomic E-state index is -2.72. The molecule has 1 fully saturated rings. The topological polar surface area (TPSA) is 39.0 Å². The molecule has 7 heteroatoms. The lowest BCUT2D eigenvalue weighted by atomic mass is 10.0. The second-order valence-electron chi connectivity index (χ2n) is 6.16. The molecular weight excluding hydrogens is 367 g/mol. The molecule has 1 saturated carbocycles. The van der Waals surface area contributed by atoms with Crippen molar-refractivity contribution in [3.05, 3.63) is 57.1 Å². The van der Waals surface area contributed by atoms with Crippen molar-refractivity contribution in [3.8, 4) is 0 Å². The number of benzene rings is 1. The SMILES string of the molecule is FC(F)[N-]c1ccc(CCc2c(Cl)cncc2Cl)cc1NCC1CC1. The van der Waals surface area contributed by atoms with E-state index in [2.05, 4.69) is 15.6 Å². The molecule has 1 heterocycles. The molecule has 134 valence electrons. The molecule has 1 aromatic heterocycles.